The van der Waals surface area contributed by atoms with Crippen molar-refractivity contribution in [2.45, 2.75) is 25.2 Å². The Morgan fingerprint density at radius 3 is 2.60 bits per heavy atom. The third-order valence-corrected chi connectivity index (χ3v) is 5.92. The second-order valence-corrected chi connectivity index (χ2v) is 7.97. The van der Waals surface area contributed by atoms with Crippen LogP contribution in [0.1, 0.15) is 34.9 Å². The standard InChI is InChI=1S/C18H20ClN5S/c1-23-12-15(11-20-23)14-6-8-24(9-7-14)18-22-21-17(25-18)10-13-2-4-16(19)5-3-13/h2-5,11-12,14H,6-10H2,1H3. The highest BCUT2D eigenvalue weighted by molar-refractivity contribution is 7.15. The molecular formula is C18H20ClN5S. The zero-order chi connectivity index (χ0) is 17.2. The maximum Gasteiger partial charge on any atom is 0.208 e. The molecule has 130 valence electrons. The van der Waals surface area contributed by atoms with Gasteiger partial charge in [0.2, 0.25) is 5.13 Å². The monoisotopic (exact) mass is 373 g/mol. The molecule has 0 bridgehead atoms. The fourth-order valence-electron chi connectivity index (χ4n) is 3.28. The maximum atomic E-state index is 5.94. The third kappa shape index (κ3) is 3.85. The summed E-state index contributed by atoms with van der Waals surface area (Å²) < 4.78 is 1.88. The summed E-state index contributed by atoms with van der Waals surface area (Å²) in [6.45, 7) is 2.05. The molecule has 3 heterocycles. The molecule has 5 nitrogen and oxygen atoms in total. The molecule has 0 radical (unpaired) electrons. The first kappa shape index (κ1) is 16.5. The van der Waals surface area contributed by atoms with Gasteiger partial charge in [0.05, 0.1) is 6.20 Å². The van der Waals surface area contributed by atoms with E-state index in [1.165, 1.54) is 11.1 Å². The Kier molecular flexibility index (Phi) is 4.72. The highest BCUT2D eigenvalue weighted by Gasteiger charge is 2.23. The van der Waals surface area contributed by atoms with Gasteiger partial charge in [-0.15, -0.1) is 10.2 Å². The van der Waals surface area contributed by atoms with Gasteiger partial charge in [0.25, 0.3) is 0 Å². The molecule has 1 aliphatic rings. The predicted octanol–water partition coefficient (Wildman–Crippen LogP) is 3.90. The molecule has 0 spiro atoms. The minimum atomic E-state index is 0.603. The lowest BCUT2D eigenvalue weighted by Crippen LogP contribution is -2.32. The van der Waals surface area contributed by atoms with Crippen LogP contribution in [-0.2, 0) is 13.5 Å². The summed E-state index contributed by atoms with van der Waals surface area (Å²) in [5, 5.41) is 15.9. The topological polar surface area (TPSA) is 46.8 Å². The predicted molar refractivity (Wildman–Crippen MR) is 102 cm³/mol. The minimum Gasteiger partial charge on any atom is -0.347 e. The Balaban J connectivity index is 1.37. The molecule has 3 aromatic rings. The summed E-state index contributed by atoms with van der Waals surface area (Å²) in [7, 11) is 1.97. The Bertz CT molecular complexity index is 833. The van der Waals surface area contributed by atoms with Crippen molar-refractivity contribution in [2.24, 2.45) is 7.05 Å². The van der Waals surface area contributed by atoms with E-state index in [4.69, 9.17) is 11.6 Å². The van der Waals surface area contributed by atoms with Crippen LogP contribution in [0, 0.1) is 0 Å². The fraction of sp³-hybridized carbons (Fsp3) is 0.389. The molecule has 0 unspecified atom stereocenters. The van der Waals surface area contributed by atoms with E-state index in [-0.39, 0.29) is 0 Å². The summed E-state index contributed by atoms with van der Waals surface area (Å²) in [5.74, 6) is 0.603. The first-order valence-electron chi connectivity index (χ1n) is 8.48. The second kappa shape index (κ2) is 7.14. The van der Waals surface area contributed by atoms with E-state index in [1.807, 2.05) is 42.2 Å². The van der Waals surface area contributed by atoms with Gasteiger partial charge in [0.15, 0.2) is 0 Å². The number of aromatic nitrogens is 4. The molecule has 25 heavy (non-hydrogen) atoms. The quantitative estimate of drug-likeness (QED) is 0.695. The number of hydrogen-bond acceptors (Lipinski definition) is 5. The lowest BCUT2D eigenvalue weighted by molar-refractivity contribution is 0.504. The van der Waals surface area contributed by atoms with Gasteiger partial charge < -0.3 is 4.90 Å². The molecule has 7 heteroatoms. The van der Waals surface area contributed by atoms with E-state index in [0.29, 0.717) is 5.92 Å². The van der Waals surface area contributed by atoms with Crippen LogP contribution >= 0.6 is 22.9 Å². The fourth-order valence-corrected chi connectivity index (χ4v) is 4.33. The first-order valence-corrected chi connectivity index (χ1v) is 9.67. The number of rotatable bonds is 4. The van der Waals surface area contributed by atoms with Crippen LogP contribution in [0.15, 0.2) is 36.7 Å². The Morgan fingerprint density at radius 2 is 1.92 bits per heavy atom. The van der Waals surface area contributed by atoms with Gasteiger partial charge in [-0.25, -0.2) is 0 Å². The zero-order valence-electron chi connectivity index (χ0n) is 14.1. The van der Waals surface area contributed by atoms with Crippen LogP contribution < -0.4 is 4.90 Å². The van der Waals surface area contributed by atoms with Crippen LogP contribution in [-0.4, -0.2) is 33.1 Å². The van der Waals surface area contributed by atoms with Gasteiger partial charge in [-0.2, -0.15) is 5.10 Å². The molecule has 2 aromatic heterocycles. The number of anilines is 1. The second-order valence-electron chi connectivity index (χ2n) is 6.49. The first-order chi connectivity index (χ1) is 12.2. The molecular weight excluding hydrogens is 354 g/mol. The molecule has 0 saturated carbocycles. The molecule has 1 saturated heterocycles. The molecule has 0 N–H and O–H groups in total. The number of halogens is 1. The van der Waals surface area contributed by atoms with E-state index in [9.17, 15) is 0 Å². The summed E-state index contributed by atoms with van der Waals surface area (Å²) >= 11 is 7.63. The van der Waals surface area contributed by atoms with E-state index >= 15 is 0 Å². The minimum absolute atomic E-state index is 0.603. The Hall–Kier alpha value is -1.92. The van der Waals surface area contributed by atoms with Crippen LogP contribution in [0.4, 0.5) is 5.13 Å². The molecule has 0 aliphatic carbocycles. The highest BCUT2D eigenvalue weighted by Crippen LogP contribution is 2.31. The van der Waals surface area contributed by atoms with Crippen LogP contribution in [0.3, 0.4) is 0 Å². The van der Waals surface area contributed by atoms with Gasteiger partial charge in [0, 0.05) is 37.8 Å². The molecule has 1 fully saturated rings. The van der Waals surface area contributed by atoms with Crippen molar-refractivity contribution in [3.05, 3.63) is 57.8 Å². The lowest BCUT2D eigenvalue weighted by atomic mass is 9.92. The summed E-state index contributed by atoms with van der Waals surface area (Å²) in [4.78, 5) is 2.36. The van der Waals surface area contributed by atoms with E-state index in [2.05, 4.69) is 26.4 Å². The van der Waals surface area contributed by atoms with Crippen molar-refractivity contribution in [1.82, 2.24) is 20.0 Å². The summed E-state index contributed by atoms with van der Waals surface area (Å²) in [5.41, 5.74) is 2.56. The van der Waals surface area contributed by atoms with Crippen LogP contribution in [0.25, 0.3) is 0 Å². The van der Waals surface area contributed by atoms with E-state index in [0.717, 1.165) is 47.5 Å². The van der Waals surface area contributed by atoms with Gasteiger partial charge >= 0.3 is 0 Å². The maximum absolute atomic E-state index is 5.94. The van der Waals surface area contributed by atoms with Crippen LogP contribution in [0.2, 0.25) is 5.02 Å². The normalized spacial score (nSPS) is 15.7. The molecule has 0 atom stereocenters. The van der Waals surface area contributed by atoms with Gasteiger partial charge in [-0.05, 0) is 42.0 Å². The average Bonchev–Trinajstić information content (AvgIpc) is 3.26. The Labute approximate surface area is 156 Å². The molecule has 4 rings (SSSR count). The van der Waals surface area contributed by atoms with Gasteiger partial charge in [-0.3, -0.25) is 4.68 Å². The van der Waals surface area contributed by atoms with E-state index < -0.39 is 0 Å². The average molecular weight is 374 g/mol. The molecule has 0 amide bonds. The third-order valence-electron chi connectivity index (χ3n) is 4.69. The summed E-state index contributed by atoms with van der Waals surface area (Å²) in [6.07, 6.45) is 7.21. The lowest BCUT2D eigenvalue weighted by Gasteiger charge is -2.30. The van der Waals surface area contributed by atoms with Crippen molar-refractivity contribution in [3.63, 3.8) is 0 Å². The molecule has 1 aromatic carbocycles. The largest absolute Gasteiger partial charge is 0.347 e. The SMILES string of the molecule is Cn1cc(C2CCN(c3nnc(Cc4ccc(Cl)cc4)s3)CC2)cn1. The van der Waals surface area contributed by atoms with Crippen molar-refractivity contribution in [2.75, 3.05) is 18.0 Å². The zero-order valence-corrected chi connectivity index (χ0v) is 15.7. The van der Waals surface area contributed by atoms with Crippen molar-refractivity contribution in [1.29, 1.82) is 0 Å². The number of benzene rings is 1. The van der Waals surface area contributed by atoms with Crippen molar-refractivity contribution in [3.8, 4) is 0 Å². The van der Waals surface area contributed by atoms with Crippen LogP contribution in [0.5, 0.6) is 0 Å². The smallest absolute Gasteiger partial charge is 0.208 e. The van der Waals surface area contributed by atoms with Crippen molar-refractivity contribution < 1.29 is 0 Å². The number of piperidine rings is 1. The highest BCUT2D eigenvalue weighted by atomic mass is 35.5. The summed E-state index contributed by atoms with van der Waals surface area (Å²) in [6, 6.07) is 7.93. The van der Waals surface area contributed by atoms with E-state index in [1.54, 1.807) is 11.3 Å². The Morgan fingerprint density at radius 1 is 1.16 bits per heavy atom. The van der Waals surface area contributed by atoms with Gasteiger partial charge in [-0.1, -0.05) is 35.1 Å². The number of nitrogens with zero attached hydrogens (tertiary/aromatic N) is 5. The molecule has 1 aliphatic heterocycles. The van der Waals surface area contributed by atoms with Crippen molar-refractivity contribution >= 4 is 28.1 Å². The number of aryl methyl sites for hydroxylation is 1. The van der Waals surface area contributed by atoms with Gasteiger partial charge in [0.1, 0.15) is 5.01 Å². The number of hydrogen-bond donors (Lipinski definition) is 0.